The normalized spacial score (nSPS) is 15.0. The summed E-state index contributed by atoms with van der Waals surface area (Å²) in [5.74, 6) is -1.32. The molecule has 1 fully saturated rings. The molecule has 0 atom stereocenters. The summed E-state index contributed by atoms with van der Waals surface area (Å²) in [4.78, 5) is 35.6. The van der Waals surface area contributed by atoms with Gasteiger partial charge in [-0.3, -0.25) is 14.4 Å². The molecule has 0 bridgehead atoms. The molecule has 146 valence electrons. The molecule has 1 aliphatic carbocycles. The maximum Gasteiger partial charge on any atom is 0.305 e. The van der Waals surface area contributed by atoms with Crippen LogP contribution in [0.2, 0.25) is 0 Å². The molecule has 1 saturated carbocycles. The van der Waals surface area contributed by atoms with Gasteiger partial charge in [-0.15, -0.1) is 0 Å². The van der Waals surface area contributed by atoms with Gasteiger partial charge in [0.05, 0.1) is 11.8 Å². The third kappa shape index (κ3) is 4.39. The summed E-state index contributed by atoms with van der Waals surface area (Å²) >= 11 is 0. The van der Waals surface area contributed by atoms with Gasteiger partial charge in [0.2, 0.25) is 5.91 Å². The molecule has 1 aliphatic rings. The first-order valence-corrected chi connectivity index (χ1v) is 9.48. The zero-order valence-corrected chi connectivity index (χ0v) is 15.6. The number of carboxylic acids is 1. The molecule has 0 saturated heterocycles. The van der Waals surface area contributed by atoms with Crippen molar-refractivity contribution in [3.05, 3.63) is 65.7 Å². The molecule has 6 nitrogen and oxygen atoms in total. The average molecular weight is 380 g/mol. The predicted molar refractivity (Wildman–Crippen MR) is 106 cm³/mol. The highest BCUT2D eigenvalue weighted by atomic mass is 16.4. The molecular formula is C22H24N2O4. The molecule has 0 aromatic heterocycles. The first-order chi connectivity index (χ1) is 13.5. The SMILES string of the molecule is O=C(O)CCNC(=O)c1ccc(NC(=O)C2(c3ccccc3)CCCC2)cc1. The van der Waals surface area contributed by atoms with Crippen LogP contribution in [-0.4, -0.2) is 29.4 Å². The second kappa shape index (κ2) is 8.69. The van der Waals surface area contributed by atoms with Crippen molar-refractivity contribution in [1.82, 2.24) is 5.32 Å². The molecule has 3 rings (SSSR count). The summed E-state index contributed by atoms with van der Waals surface area (Å²) in [6, 6.07) is 16.5. The lowest BCUT2D eigenvalue weighted by Crippen LogP contribution is -2.38. The molecule has 28 heavy (non-hydrogen) atoms. The first kappa shape index (κ1) is 19.6. The average Bonchev–Trinajstić information content (AvgIpc) is 3.20. The number of amides is 2. The zero-order chi connectivity index (χ0) is 20.0. The van der Waals surface area contributed by atoms with E-state index in [-0.39, 0.29) is 24.8 Å². The lowest BCUT2D eigenvalue weighted by atomic mass is 9.78. The van der Waals surface area contributed by atoms with E-state index in [1.54, 1.807) is 24.3 Å². The molecule has 0 unspecified atom stereocenters. The Morgan fingerprint density at radius 2 is 1.57 bits per heavy atom. The van der Waals surface area contributed by atoms with Crippen molar-refractivity contribution in [2.75, 3.05) is 11.9 Å². The molecule has 6 heteroatoms. The maximum atomic E-state index is 13.1. The minimum atomic E-state index is -0.961. The van der Waals surface area contributed by atoms with E-state index >= 15 is 0 Å². The monoisotopic (exact) mass is 380 g/mol. The Morgan fingerprint density at radius 3 is 2.18 bits per heavy atom. The summed E-state index contributed by atoms with van der Waals surface area (Å²) in [5, 5.41) is 14.2. The van der Waals surface area contributed by atoms with Crippen LogP contribution in [0.5, 0.6) is 0 Å². The minimum Gasteiger partial charge on any atom is -0.481 e. The predicted octanol–water partition coefficient (Wildman–Crippen LogP) is 3.34. The van der Waals surface area contributed by atoms with Crippen molar-refractivity contribution >= 4 is 23.5 Å². The van der Waals surface area contributed by atoms with Crippen LogP contribution in [-0.2, 0) is 15.0 Å². The Kier molecular flexibility index (Phi) is 6.09. The van der Waals surface area contributed by atoms with Gasteiger partial charge in [-0.1, -0.05) is 43.2 Å². The van der Waals surface area contributed by atoms with E-state index in [1.165, 1.54) is 0 Å². The van der Waals surface area contributed by atoms with Gasteiger partial charge in [-0.05, 0) is 42.7 Å². The third-order valence-electron chi connectivity index (χ3n) is 5.25. The lowest BCUT2D eigenvalue weighted by molar-refractivity contribution is -0.136. The van der Waals surface area contributed by atoms with Gasteiger partial charge in [0.25, 0.3) is 5.91 Å². The van der Waals surface area contributed by atoms with Crippen molar-refractivity contribution < 1.29 is 19.5 Å². The molecule has 3 N–H and O–H groups in total. The Morgan fingerprint density at radius 1 is 0.929 bits per heavy atom. The van der Waals surface area contributed by atoms with Crippen molar-refractivity contribution in [3.8, 4) is 0 Å². The Balaban J connectivity index is 1.67. The van der Waals surface area contributed by atoms with Crippen LogP contribution in [0.1, 0.15) is 48.0 Å². The van der Waals surface area contributed by atoms with Gasteiger partial charge in [-0.25, -0.2) is 0 Å². The number of carboxylic acid groups (broad SMARTS) is 1. The van der Waals surface area contributed by atoms with Crippen molar-refractivity contribution in [2.24, 2.45) is 0 Å². The number of hydrogen-bond acceptors (Lipinski definition) is 3. The van der Waals surface area contributed by atoms with E-state index in [4.69, 9.17) is 5.11 Å². The molecule has 0 spiro atoms. The summed E-state index contributed by atoms with van der Waals surface area (Å²) in [6.45, 7) is 0.0756. The van der Waals surface area contributed by atoms with Crippen LogP contribution in [0.4, 0.5) is 5.69 Å². The molecule has 0 radical (unpaired) electrons. The third-order valence-corrected chi connectivity index (χ3v) is 5.25. The van der Waals surface area contributed by atoms with Gasteiger partial charge in [0.1, 0.15) is 0 Å². The van der Waals surface area contributed by atoms with Crippen LogP contribution in [0.25, 0.3) is 0 Å². The molecule has 0 heterocycles. The summed E-state index contributed by atoms with van der Waals surface area (Å²) in [5.41, 5.74) is 1.59. The van der Waals surface area contributed by atoms with Gasteiger partial charge in [0, 0.05) is 17.8 Å². The first-order valence-electron chi connectivity index (χ1n) is 9.48. The molecule has 2 aromatic rings. The molecular weight excluding hydrogens is 356 g/mol. The van der Waals surface area contributed by atoms with Crippen molar-refractivity contribution in [2.45, 2.75) is 37.5 Å². The van der Waals surface area contributed by atoms with E-state index in [2.05, 4.69) is 10.6 Å². The van der Waals surface area contributed by atoms with Gasteiger partial charge < -0.3 is 15.7 Å². The zero-order valence-electron chi connectivity index (χ0n) is 15.6. The number of anilines is 1. The smallest absolute Gasteiger partial charge is 0.305 e. The van der Waals surface area contributed by atoms with Crippen LogP contribution < -0.4 is 10.6 Å². The number of nitrogens with one attached hydrogen (secondary N) is 2. The fourth-order valence-corrected chi connectivity index (χ4v) is 3.72. The fraction of sp³-hybridized carbons (Fsp3) is 0.318. The van der Waals surface area contributed by atoms with E-state index in [0.29, 0.717) is 11.3 Å². The van der Waals surface area contributed by atoms with E-state index < -0.39 is 11.4 Å². The maximum absolute atomic E-state index is 13.1. The Labute approximate surface area is 164 Å². The molecule has 0 aliphatic heterocycles. The van der Waals surface area contributed by atoms with Gasteiger partial charge in [0.15, 0.2) is 0 Å². The summed E-state index contributed by atoms with van der Waals surface area (Å²) in [6.07, 6.45) is 3.58. The number of rotatable bonds is 7. The number of hydrogen-bond donors (Lipinski definition) is 3. The topological polar surface area (TPSA) is 95.5 Å². The second-order valence-corrected chi connectivity index (χ2v) is 7.09. The largest absolute Gasteiger partial charge is 0.481 e. The van der Waals surface area contributed by atoms with Crippen LogP contribution in [0.15, 0.2) is 54.6 Å². The Hall–Kier alpha value is -3.15. The second-order valence-electron chi connectivity index (χ2n) is 7.09. The molecule has 2 aromatic carbocycles. The van der Waals surface area contributed by atoms with E-state index in [0.717, 1.165) is 31.2 Å². The molecule has 2 amide bonds. The number of carbonyl (C=O) groups excluding carboxylic acids is 2. The fourth-order valence-electron chi connectivity index (χ4n) is 3.72. The van der Waals surface area contributed by atoms with Crippen LogP contribution >= 0.6 is 0 Å². The van der Waals surface area contributed by atoms with Crippen molar-refractivity contribution in [1.29, 1.82) is 0 Å². The quantitative estimate of drug-likeness (QED) is 0.686. The minimum absolute atomic E-state index is 0.0186. The van der Waals surface area contributed by atoms with E-state index in [1.807, 2.05) is 30.3 Å². The van der Waals surface area contributed by atoms with Gasteiger partial charge >= 0.3 is 5.97 Å². The number of benzene rings is 2. The van der Waals surface area contributed by atoms with E-state index in [9.17, 15) is 14.4 Å². The van der Waals surface area contributed by atoms with Crippen LogP contribution in [0, 0.1) is 0 Å². The highest BCUT2D eigenvalue weighted by Gasteiger charge is 2.42. The highest BCUT2D eigenvalue weighted by Crippen LogP contribution is 2.42. The lowest BCUT2D eigenvalue weighted by Gasteiger charge is -2.28. The van der Waals surface area contributed by atoms with Crippen molar-refractivity contribution in [3.63, 3.8) is 0 Å². The standard InChI is InChI=1S/C22H24N2O4/c25-19(26)12-15-23-20(27)16-8-10-18(11-9-16)24-21(28)22(13-4-5-14-22)17-6-2-1-3-7-17/h1-3,6-11H,4-5,12-15H2,(H,23,27)(H,24,28)(H,25,26). The number of aliphatic carboxylic acids is 1. The van der Waals surface area contributed by atoms with Gasteiger partial charge in [-0.2, -0.15) is 0 Å². The van der Waals surface area contributed by atoms with Crippen LogP contribution in [0.3, 0.4) is 0 Å². The highest BCUT2D eigenvalue weighted by molar-refractivity contribution is 6.00. The number of carbonyl (C=O) groups is 3. The summed E-state index contributed by atoms with van der Waals surface area (Å²) in [7, 11) is 0. The Bertz CT molecular complexity index is 841. The summed E-state index contributed by atoms with van der Waals surface area (Å²) < 4.78 is 0.